The van der Waals surface area contributed by atoms with Gasteiger partial charge >= 0.3 is 6.36 Å². The van der Waals surface area contributed by atoms with Gasteiger partial charge in [-0.2, -0.15) is 0 Å². The van der Waals surface area contributed by atoms with Gasteiger partial charge in [0.15, 0.2) is 0 Å². The Hall–Kier alpha value is -3.40. The summed E-state index contributed by atoms with van der Waals surface area (Å²) in [6.45, 7) is 3.08. The Labute approximate surface area is 163 Å². The first kappa shape index (κ1) is 20.3. The van der Waals surface area contributed by atoms with Gasteiger partial charge in [-0.1, -0.05) is 6.58 Å². The maximum absolute atomic E-state index is 12.4. The largest absolute Gasteiger partial charge is 0.573 e. The first-order valence-corrected chi connectivity index (χ1v) is 8.43. The van der Waals surface area contributed by atoms with Crippen molar-refractivity contribution in [3.05, 3.63) is 54.5 Å². The van der Waals surface area contributed by atoms with Gasteiger partial charge in [0.25, 0.3) is 0 Å². The van der Waals surface area contributed by atoms with Crippen molar-refractivity contribution < 1.29 is 27.8 Å². The Morgan fingerprint density at radius 3 is 2.62 bits per heavy atom. The lowest BCUT2D eigenvalue weighted by Crippen LogP contribution is -2.22. The summed E-state index contributed by atoms with van der Waals surface area (Å²) in [5.41, 5.74) is 2.88. The molecule has 0 bridgehead atoms. The molecule has 10 heteroatoms. The van der Waals surface area contributed by atoms with Crippen LogP contribution in [0.2, 0.25) is 0 Å². The van der Waals surface area contributed by atoms with Gasteiger partial charge in [-0.05, 0) is 30.3 Å². The molecule has 0 saturated heterocycles. The number of amides is 1. The summed E-state index contributed by atoms with van der Waals surface area (Å²) >= 11 is 0. The summed E-state index contributed by atoms with van der Waals surface area (Å²) in [7, 11) is 1.74. The summed E-state index contributed by atoms with van der Waals surface area (Å²) in [6.07, 6.45) is -2.13. The van der Waals surface area contributed by atoms with E-state index in [-0.39, 0.29) is 18.9 Å². The van der Waals surface area contributed by atoms with Crippen LogP contribution in [-0.4, -0.2) is 31.9 Å². The number of aryl methyl sites for hydroxylation is 1. The van der Waals surface area contributed by atoms with Crippen molar-refractivity contribution in [2.75, 3.05) is 0 Å². The molecular formula is C19H17F3N4O3. The molecule has 152 valence electrons. The molecule has 2 heterocycles. The van der Waals surface area contributed by atoms with E-state index >= 15 is 0 Å². The number of carbonyl (C=O) groups is 1. The van der Waals surface area contributed by atoms with Crippen LogP contribution < -0.4 is 10.1 Å². The lowest BCUT2D eigenvalue weighted by molar-refractivity contribution is -0.274. The van der Waals surface area contributed by atoms with E-state index in [0.717, 1.165) is 6.08 Å². The van der Waals surface area contributed by atoms with E-state index < -0.39 is 12.3 Å². The number of nitrogens with zero attached hydrogens (tertiary/aromatic N) is 3. The minimum Gasteiger partial charge on any atom is -0.406 e. The number of nitrogens with one attached hydrogen (secondary N) is 1. The fourth-order valence-electron chi connectivity index (χ4n) is 2.92. The normalized spacial score (nSPS) is 11.5. The molecule has 2 aromatic heterocycles. The van der Waals surface area contributed by atoms with Gasteiger partial charge in [0, 0.05) is 18.2 Å². The first-order valence-electron chi connectivity index (χ1n) is 8.43. The van der Waals surface area contributed by atoms with Crippen LogP contribution in [-0.2, 0) is 25.0 Å². The maximum atomic E-state index is 12.4. The monoisotopic (exact) mass is 406 g/mol. The molecule has 0 atom stereocenters. The van der Waals surface area contributed by atoms with E-state index in [2.05, 4.69) is 26.6 Å². The zero-order valence-corrected chi connectivity index (χ0v) is 15.3. The Balaban J connectivity index is 2.09. The highest BCUT2D eigenvalue weighted by molar-refractivity contribution is 5.92. The van der Waals surface area contributed by atoms with Crippen molar-refractivity contribution in [2.24, 2.45) is 7.05 Å². The van der Waals surface area contributed by atoms with Gasteiger partial charge in [0.05, 0.1) is 36.4 Å². The summed E-state index contributed by atoms with van der Waals surface area (Å²) in [5, 5.41) is 12.5. The fourth-order valence-corrected chi connectivity index (χ4v) is 2.92. The van der Waals surface area contributed by atoms with Crippen molar-refractivity contribution in [2.45, 2.75) is 19.5 Å². The van der Waals surface area contributed by atoms with Crippen LogP contribution in [0, 0.1) is 0 Å². The SMILES string of the molecule is C=CC(=O)NCc1nc(-c2ccc(OC(F)(F)F)cc2)c2ncn(C)c2c1CO. The Morgan fingerprint density at radius 2 is 2.03 bits per heavy atom. The highest BCUT2D eigenvalue weighted by Crippen LogP contribution is 2.32. The lowest BCUT2D eigenvalue weighted by atomic mass is 10.1. The van der Waals surface area contributed by atoms with Crippen LogP contribution in [0.5, 0.6) is 5.75 Å². The van der Waals surface area contributed by atoms with Gasteiger partial charge in [-0.15, -0.1) is 13.2 Å². The molecule has 0 aliphatic heterocycles. The minimum absolute atomic E-state index is 0.0319. The topological polar surface area (TPSA) is 89.3 Å². The highest BCUT2D eigenvalue weighted by atomic mass is 19.4. The number of aliphatic hydroxyl groups excluding tert-OH is 1. The molecule has 0 radical (unpaired) electrons. The second-order valence-electron chi connectivity index (χ2n) is 6.09. The number of aliphatic hydroxyl groups is 1. The molecule has 3 aromatic rings. The third kappa shape index (κ3) is 4.37. The summed E-state index contributed by atoms with van der Waals surface area (Å²) < 4.78 is 42.7. The first-order chi connectivity index (χ1) is 13.7. The van der Waals surface area contributed by atoms with Crippen molar-refractivity contribution in [1.82, 2.24) is 19.9 Å². The maximum Gasteiger partial charge on any atom is 0.573 e. The zero-order chi connectivity index (χ0) is 21.2. The molecule has 2 N–H and O–H groups in total. The molecule has 0 unspecified atom stereocenters. The molecule has 0 aliphatic carbocycles. The van der Waals surface area contributed by atoms with Crippen molar-refractivity contribution in [3.63, 3.8) is 0 Å². The number of hydrogen-bond acceptors (Lipinski definition) is 5. The average Bonchev–Trinajstić information content (AvgIpc) is 3.06. The van der Waals surface area contributed by atoms with E-state index in [0.29, 0.717) is 33.5 Å². The number of fused-ring (bicyclic) bond motifs is 1. The molecule has 0 fully saturated rings. The molecule has 0 saturated carbocycles. The van der Waals surface area contributed by atoms with Crippen molar-refractivity contribution in [1.29, 1.82) is 0 Å². The van der Waals surface area contributed by atoms with Crippen molar-refractivity contribution in [3.8, 4) is 17.0 Å². The van der Waals surface area contributed by atoms with E-state index in [4.69, 9.17) is 0 Å². The second-order valence-corrected chi connectivity index (χ2v) is 6.09. The van der Waals surface area contributed by atoms with Crippen LogP contribution in [0.25, 0.3) is 22.3 Å². The number of alkyl halides is 3. The molecule has 0 spiro atoms. The number of hydrogen-bond donors (Lipinski definition) is 2. The van der Waals surface area contributed by atoms with E-state index in [1.165, 1.54) is 24.3 Å². The smallest absolute Gasteiger partial charge is 0.406 e. The van der Waals surface area contributed by atoms with Crippen molar-refractivity contribution >= 4 is 16.9 Å². The zero-order valence-electron chi connectivity index (χ0n) is 15.3. The highest BCUT2D eigenvalue weighted by Gasteiger charge is 2.31. The number of carbonyl (C=O) groups excluding carboxylic acids is 1. The number of rotatable bonds is 6. The average molecular weight is 406 g/mol. The minimum atomic E-state index is -4.78. The number of benzene rings is 1. The summed E-state index contributed by atoms with van der Waals surface area (Å²) in [5.74, 6) is -0.764. The molecule has 0 aliphatic rings. The van der Waals surface area contributed by atoms with Crippen LogP contribution in [0.4, 0.5) is 13.2 Å². The number of halogens is 3. The number of aromatic nitrogens is 3. The number of ether oxygens (including phenoxy) is 1. The molecule has 3 rings (SSSR count). The predicted octanol–water partition coefficient (Wildman–Crippen LogP) is 2.83. The standard InChI is InChI=1S/C19H17F3N4O3/c1-3-15(28)23-8-14-13(9-27)18-17(24-10-26(18)2)16(25-14)11-4-6-12(7-5-11)29-19(20,21)22/h3-7,10,27H,1,8-9H2,2H3,(H,23,28). The third-order valence-electron chi connectivity index (χ3n) is 4.18. The van der Waals surface area contributed by atoms with E-state index in [1.807, 2.05) is 0 Å². The van der Waals surface area contributed by atoms with E-state index in [1.54, 1.807) is 17.9 Å². The molecule has 1 aromatic carbocycles. The van der Waals surface area contributed by atoms with Gasteiger partial charge < -0.3 is 19.7 Å². The summed E-state index contributed by atoms with van der Waals surface area (Å²) in [6, 6.07) is 5.22. The van der Waals surface area contributed by atoms with Gasteiger partial charge in [-0.3, -0.25) is 4.79 Å². The Bertz CT molecular complexity index is 1060. The lowest BCUT2D eigenvalue weighted by Gasteiger charge is -2.14. The molecule has 7 nitrogen and oxygen atoms in total. The Kier molecular flexibility index (Phi) is 5.55. The molecular weight excluding hydrogens is 389 g/mol. The second kappa shape index (κ2) is 7.92. The van der Waals surface area contributed by atoms with Gasteiger partial charge in [-0.25, -0.2) is 9.97 Å². The van der Waals surface area contributed by atoms with Crippen LogP contribution in [0.15, 0.2) is 43.2 Å². The number of imidazole rings is 1. The van der Waals surface area contributed by atoms with Crippen LogP contribution in [0.1, 0.15) is 11.3 Å². The van der Waals surface area contributed by atoms with Crippen LogP contribution >= 0.6 is 0 Å². The quantitative estimate of drug-likeness (QED) is 0.615. The molecule has 1 amide bonds. The number of pyridine rings is 1. The van der Waals surface area contributed by atoms with Gasteiger partial charge in [0.1, 0.15) is 11.3 Å². The third-order valence-corrected chi connectivity index (χ3v) is 4.18. The molecule has 29 heavy (non-hydrogen) atoms. The predicted molar refractivity (Wildman–Crippen MR) is 98.6 cm³/mol. The van der Waals surface area contributed by atoms with E-state index in [9.17, 15) is 23.1 Å². The van der Waals surface area contributed by atoms with Crippen LogP contribution in [0.3, 0.4) is 0 Å². The Morgan fingerprint density at radius 1 is 1.34 bits per heavy atom. The fraction of sp³-hybridized carbons (Fsp3) is 0.211. The summed E-state index contributed by atoms with van der Waals surface area (Å²) in [4.78, 5) is 20.4. The van der Waals surface area contributed by atoms with Gasteiger partial charge in [0.2, 0.25) is 5.91 Å².